The zero-order valence-electron chi connectivity index (χ0n) is 15.2. The third-order valence-corrected chi connectivity index (χ3v) is 6.10. The van der Waals surface area contributed by atoms with E-state index in [1.54, 1.807) is 31.0 Å². The molecule has 1 amide bonds. The summed E-state index contributed by atoms with van der Waals surface area (Å²) in [5.41, 5.74) is 0.572. The second-order valence-corrected chi connectivity index (χ2v) is 8.66. The quantitative estimate of drug-likeness (QED) is 0.441. The van der Waals surface area contributed by atoms with Gasteiger partial charge in [0.15, 0.2) is 0 Å². The molecular formula is C19H24N2O4S2. The summed E-state index contributed by atoms with van der Waals surface area (Å²) < 4.78 is 31.7. The van der Waals surface area contributed by atoms with Gasteiger partial charge in [-0.25, -0.2) is 13.1 Å². The maximum atomic E-state index is 12.2. The predicted octanol–water partition coefficient (Wildman–Crippen LogP) is 3.12. The lowest BCUT2D eigenvalue weighted by atomic mass is 10.3. The number of carbonyl (C=O) groups excluding carboxylic acids is 1. The van der Waals surface area contributed by atoms with Gasteiger partial charge in [-0.05, 0) is 42.8 Å². The summed E-state index contributed by atoms with van der Waals surface area (Å²) in [4.78, 5) is 13.3. The van der Waals surface area contributed by atoms with Gasteiger partial charge in [0, 0.05) is 43.0 Å². The molecule has 0 aliphatic rings. The van der Waals surface area contributed by atoms with Gasteiger partial charge in [-0.2, -0.15) is 0 Å². The SMILES string of the molecule is COCCCNS(=O)(=O)c1ccc(NC(=O)CCSc2ccccc2)cc1. The molecule has 0 fully saturated rings. The molecule has 0 atom stereocenters. The molecule has 0 spiro atoms. The largest absolute Gasteiger partial charge is 0.385 e. The van der Waals surface area contributed by atoms with E-state index in [-0.39, 0.29) is 10.8 Å². The summed E-state index contributed by atoms with van der Waals surface area (Å²) in [6.07, 6.45) is 0.978. The van der Waals surface area contributed by atoms with Gasteiger partial charge in [-0.3, -0.25) is 4.79 Å². The Kier molecular flexibility index (Phi) is 8.80. The molecule has 0 aromatic heterocycles. The highest BCUT2D eigenvalue weighted by molar-refractivity contribution is 7.99. The number of amides is 1. The topological polar surface area (TPSA) is 84.5 Å². The smallest absolute Gasteiger partial charge is 0.240 e. The van der Waals surface area contributed by atoms with Crippen molar-refractivity contribution in [3.8, 4) is 0 Å². The van der Waals surface area contributed by atoms with Crippen molar-refractivity contribution in [3.63, 3.8) is 0 Å². The Morgan fingerprint density at radius 2 is 1.78 bits per heavy atom. The van der Waals surface area contributed by atoms with E-state index in [9.17, 15) is 13.2 Å². The van der Waals surface area contributed by atoms with E-state index in [0.29, 0.717) is 37.4 Å². The number of ether oxygens (including phenoxy) is 1. The van der Waals surface area contributed by atoms with E-state index < -0.39 is 10.0 Å². The number of carbonyl (C=O) groups is 1. The fourth-order valence-electron chi connectivity index (χ4n) is 2.23. The van der Waals surface area contributed by atoms with Crippen molar-refractivity contribution >= 4 is 33.4 Å². The number of nitrogens with one attached hydrogen (secondary N) is 2. The molecule has 2 rings (SSSR count). The Morgan fingerprint density at radius 1 is 1.07 bits per heavy atom. The molecular weight excluding hydrogens is 384 g/mol. The average molecular weight is 409 g/mol. The molecule has 2 N–H and O–H groups in total. The molecule has 0 aliphatic carbocycles. The number of rotatable bonds is 11. The lowest BCUT2D eigenvalue weighted by molar-refractivity contribution is -0.115. The summed E-state index contributed by atoms with van der Waals surface area (Å²) in [5, 5.41) is 2.78. The van der Waals surface area contributed by atoms with Gasteiger partial charge in [-0.15, -0.1) is 11.8 Å². The molecule has 8 heteroatoms. The van der Waals surface area contributed by atoms with Gasteiger partial charge in [0.25, 0.3) is 0 Å². The van der Waals surface area contributed by atoms with E-state index in [2.05, 4.69) is 10.0 Å². The van der Waals surface area contributed by atoms with Gasteiger partial charge >= 0.3 is 0 Å². The zero-order valence-corrected chi connectivity index (χ0v) is 16.8. The Bertz CT molecular complexity index is 809. The lowest BCUT2D eigenvalue weighted by Gasteiger charge is -2.09. The van der Waals surface area contributed by atoms with Crippen molar-refractivity contribution in [3.05, 3.63) is 54.6 Å². The Morgan fingerprint density at radius 3 is 2.44 bits per heavy atom. The number of thioether (sulfide) groups is 1. The van der Waals surface area contributed by atoms with Crippen molar-refractivity contribution in [2.24, 2.45) is 0 Å². The summed E-state index contributed by atoms with van der Waals surface area (Å²) in [6.45, 7) is 0.809. The van der Waals surface area contributed by atoms with Gasteiger partial charge in [0.05, 0.1) is 4.90 Å². The Balaban J connectivity index is 1.79. The maximum absolute atomic E-state index is 12.2. The van der Waals surface area contributed by atoms with Crippen LogP contribution in [-0.2, 0) is 19.6 Å². The minimum Gasteiger partial charge on any atom is -0.385 e. The summed E-state index contributed by atoms with van der Waals surface area (Å²) >= 11 is 1.62. The Labute approximate surface area is 164 Å². The minimum atomic E-state index is -3.55. The normalized spacial score (nSPS) is 11.3. The maximum Gasteiger partial charge on any atom is 0.240 e. The first-order valence-electron chi connectivity index (χ1n) is 8.57. The van der Waals surface area contributed by atoms with Crippen LogP contribution in [0, 0.1) is 0 Å². The number of hydrogen-bond donors (Lipinski definition) is 2. The Hall–Kier alpha value is -1.87. The molecule has 2 aromatic rings. The predicted molar refractivity (Wildman–Crippen MR) is 109 cm³/mol. The van der Waals surface area contributed by atoms with Crippen molar-refractivity contribution in [1.29, 1.82) is 0 Å². The summed E-state index contributed by atoms with van der Waals surface area (Å²) in [7, 11) is -1.98. The van der Waals surface area contributed by atoms with Crippen LogP contribution in [0.5, 0.6) is 0 Å². The molecule has 0 aliphatic heterocycles. The molecule has 0 radical (unpaired) electrons. The first-order chi connectivity index (χ1) is 13.0. The van der Waals surface area contributed by atoms with Crippen LogP contribution in [0.25, 0.3) is 0 Å². The summed E-state index contributed by atoms with van der Waals surface area (Å²) in [5.74, 6) is 0.569. The number of hydrogen-bond acceptors (Lipinski definition) is 5. The molecule has 0 unspecified atom stereocenters. The van der Waals surface area contributed by atoms with Gasteiger partial charge < -0.3 is 10.1 Å². The molecule has 0 heterocycles. The average Bonchev–Trinajstić information content (AvgIpc) is 2.66. The number of sulfonamides is 1. The lowest BCUT2D eigenvalue weighted by Crippen LogP contribution is -2.25. The van der Waals surface area contributed by atoms with Crippen LogP contribution in [0.15, 0.2) is 64.4 Å². The third kappa shape index (κ3) is 7.72. The van der Waals surface area contributed by atoms with Crippen LogP contribution in [0.3, 0.4) is 0 Å². The molecule has 27 heavy (non-hydrogen) atoms. The highest BCUT2D eigenvalue weighted by Crippen LogP contribution is 2.18. The standard InChI is InChI=1S/C19H24N2O4S2/c1-25-14-5-13-20-27(23,24)18-10-8-16(9-11-18)21-19(22)12-15-26-17-6-3-2-4-7-17/h2-4,6-11,20H,5,12-15H2,1H3,(H,21,22). The highest BCUT2D eigenvalue weighted by Gasteiger charge is 2.13. The molecule has 2 aromatic carbocycles. The van der Waals surface area contributed by atoms with Crippen molar-refractivity contribution < 1.29 is 17.9 Å². The van der Waals surface area contributed by atoms with Gasteiger partial charge in [0.2, 0.25) is 15.9 Å². The minimum absolute atomic E-state index is 0.105. The van der Waals surface area contributed by atoms with Crippen LogP contribution < -0.4 is 10.0 Å². The summed E-state index contributed by atoms with van der Waals surface area (Å²) in [6, 6.07) is 16.0. The van der Waals surface area contributed by atoms with Gasteiger partial charge in [-0.1, -0.05) is 18.2 Å². The second-order valence-electron chi connectivity index (χ2n) is 5.73. The van der Waals surface area contributed by atoms with E-state index in [1.165, 1.54) is 12.1 Å². The molecule has 0 saturated carbocycles. The van der Waals surface area contributed by atoms with Gasteiger partial charge in [0.1, 0.15) is 0 Å². The molecule has 6 nitrogen and oxygen atoms in total. The molecule has 146 valence electrons. The van der Waals surface area contributed by atoms with E-state index in [4.69, 9.17) is 4.74 Å². The zero-order chi connectivity index (χ0) is 19.5. The van der Waals surface area contributed by atoms with Crippen LogP contribution in [0.2, 0.25) is 0 Å². The van der Waals surface area contributed by atoms with E-state index in [0.717, 1.165) is 4.90 Å². The van der Waals surface area contributed by atoms with Crippen molar-refractivity contribution in [1.82, 2.24) is 4.72 Å². The number of methoxy groups -OCH3 is 1. The van der Waals surface area contributed by atoms with Crippen LogP contribution in [0.1, 0.15) is 12.8 Å². The van der Waals surface area contributed by atoms with Crippen LogP contribution >= 0.6 is 11.8 Å². The highest BCUT2D eigenvalue weighted by atomic mass is 32.2. The first kappa shape index (κ1) is 21.4. The van der Waals surface area contributed by atoms with Crippen molar-refractivity contribution in [2.45, 2.75) is 22.6 Å². The molecule has 0 saturated heterocycles. The number of benzene rings is 2. The monoisotopic (exact) mass is 408 g/mol. The fraction of sp³-hybridized carbons (Fsp3) is 0.316. The first-order valence-corrected chi connectivity index (χ1v) is 11.0. The molecule has 0 bridgehead atoms. The third-order valence-electron chi connectivity index (χ3n) is 3.61. The number of anilines is 1. The van der Waals surface area contributed by atoms with Crippen LogP contribution in [-0.4, -0.2) is 40.3 Å². The fourth-order valence-corrected chi connectivity index (χ4v) is 4.17. The van der Waals surface area contributed by atoms with E-state index in [1.807, 2.05) is 30.3 Å². The van der Waals surface area contributed by atoms with Crippen LogP contribution in [0.4, 0.5) is 5.69 Å². The van der Waals surface area contributed by atoms with E-state index >= 15 is 0 Å². The second kappa shape index (κ2) is 11.1. The van der Waals surface area contributed by atoms with Crippen molar-refractivity contribution in [2.75, 3.05) is 31.3 Å².